The quantitative estimate of drug-likeness (QED) is 0.918. The highest BCUT2D eigenvalue weighted by molar-refractivity contribution is 5.19. The van der Waals surface area contributed by atoms with Crippen molar-refractivity contribution in [2.75, 3.05) is 19.7 Å². The van der Waals surface area contributed by atoms with E-state index in [9.17, 15) is 5.11 Å². The highest BCUT2D eigenvalue weighted by Gasteiger charge is 2.36. The summed E-state index contributed by atoms with van der Waals surface area (Å²) in [6, 6.07) is 10.1. The van der Waals surface area contributed by atoms with Crippen LogP contribution in [0.3, 0.4) is 0 Å². The van der Waals surface area contributed by atoms with Gasteiger partial charge in [0.25, 0.3) is 0 Å². The van der Waals surface area contributed by atoms with Gasteiger partial charge in [-0.3, -0.25) is 4.90 Å². The van der Waals surface area contributed by atoms with E-state index in [1.165, 1.54) is 0 Å². The van der Waals surface area contributed by atoms with Gasteiger partial charge in [-0.2, -0.15) is 0 Å². The predicted molar refractivity (Wildman–Crippen MR) is 81.6 cm³/mol. The molecule has 3 nitrogen and oxygen atoms in total. The fourth-order valence-electron chi connectivity index (χ4n) is 3.14. The van der Waals surface area contributed by atoms with Gasteiger partial charge in [-0.05, 0) is 25.3 Å². The molecule has 0 bridgehead atoms. The van der Waals surface area contributed by atoms with Gasteiger partial charge in [-0.1, -0.05) is 44.2 Å². The van der Waals surface area contributed by atoms with Crippen molar-refractivity contribution in [2.24, 2.45) is 5.92 Å². The molecule has 1 aliphatic rings. The second-order valence-electron chi connectivity index (χ2n) is 6.67. The number of hydrogen-bond donors (Lipinski definition) is 1. The lowest BCUT2D eigenvalue weighted by atomic mass is 9.90. The third-order valence-electron chi connectivity index (χ3n) is 4.02. The van der Waals surface area contributed by atoms with Gasteiger partial charge in [-0.25, -0.2) is 0 Å². The van der Waals surface area contributed by atoms with Gasteiger partial charge >= 0.3 is 0 Å². The van der Waals surface area contributed by atoms with Crippen LogP contribution in [0.5, 0.6) is 0 Å². The normalized spacial score (nSPS) is 22.7. The monoisotopic (exact) mass is 277 g/mol. The molecule has 1 aromatic rings. The largest absolute Gasteiger partial charge is 0.387 e. The molecule has 1 fully saturated rings. The van der Waals surface area contributed by atoms with Crippen molar-refractivity contribution < 1.29 is 9.84 Å². The second kappa shape index (κ2) is 6.25. The van der Waals surface area contributed by atoms with Crippen molar-refractivity contribution in [3.63, 3.8) is 0 Å². The van der Waals surface area contributed by atoms with E-state index in [1.54, 1.807) is 0 Å². The zero-order valence-electron chi connectivity index (χ0n) is 13.0. The Labute approximate surface area is 122 Å². The lowest BCUT2D eigenvalue weighted by Crippen LogP contribution is -2.55. The Kier molecular flexibility index (Phi) is 4.84. The lowest BCUT2D eigenvalue weighted by Gasteiger charge is -2.45. The minimum atomic E-state index is -0.454. The van der Waals surface area contributed by atoms with E-state index in [1.807, 2.05) is 30.3 Å². The van der Waals surface area contributed by atoms with Crippen LogP contribution in [0, 0.1) is 5.92 Å². The summed E-state index contributed by atoms with van der Waals surface area (Å²) in [5.41, 5.74) is 0.859. The number of aliphatic hydroxyl groups excluding tert-OH is 1. The van der Waals surface area contributed by atoms with Crippen molar-refractivity contribution in [2.45, 2.75) is 45.4 Å². The number of rotatable bonds is 4. The molecular formula is C17H27NO2. The van der Waals surface area contributed by atoms with Crippen LogP contribution in [0.25, 0.3) is 0 Å². The van der Waals surface area contributed by atoms with Crippen LogP contribution in [0.4, 0.5) is 0 Å². The van der Waals surface area contributed by atoms with Crippen LogP contribution in [-0.4, -0.2) is 41.3 Å². The van der Waals surface area contributed by atoms with Gasteiger partial charge in [0.2, 0.25) is 0 Å². The number of nitrogens with zero attached hydrogens (tertiary/aromatic N) is 1. The first kappa shape index (κ1) is 15.5. The Bertz CT molecular complexity index is 416. The average Bonchev–Trinajstić information content (AvgIpc) is 2.38. The van der Waals surface area contributed by atoms with Gasteiger partial charge in [0.15, 0.2) is 0 Å². The van der Waals surface area contributed by atoms with Crippen molar-refractivity contribution in [1.82, 2.24) is 4.90 Å². The van der Waals surface area contributed by atoms with Gasteiger partial charge < -0.3 is 9.84 Å². The highest BCUT2D eigenvalue weighted by Crippen LogP contribution is 2.29. The van der Waals surface area contributed by atoms with Gasteiger partial charge in [0, 0.05) is 19.1 Å². The van der Waals surface area contributed by atoms with Crippen LogP contribution in [-0.2, 0) is 4.74 Å². The first-order valence-electron chi connectivity index (χ1n) is 7.52. The Morgan fingerprint density at radius 2 is 1.85 bits per heavy atom. The van der Waals surface area contributed by atoms with Gasteiger partial charge in [0.1, 0.15) is 0 Å². The van der Waals surface area contributed by atoms with E-state index in [4.69, 9.17) is 4.74 Å². The number of hydrogen-bond acceptors (Lipinski definition) is 3. The fourth-order valence-corrected chi connectivity index (χ4v) is 3.14. The molecule has 2 atom stereocenters. The molecule has 1 aromatic carbocycles. The predicted octanol–water partition coefficient (Wildman–Crippen LogP) is 2.86. The smallest absolute Gasteiger partial charge is 0.0947 e. The maximum Gasteiger partial charge on any atom is 0.0947 e. The summed E-state index contributed by atoms with van der Waals surface area (Å²) >= 11 is 0. The summed E-state index contributed by atoms with van der Waals surface area (Å²) < 4.78 is 5.79. The average molecular weight is 277 g/mol. The summed E-state index contributed by atoms with van der Waals surface area (Å²) in [6.45, 7) is 11.1. The van der Waals surface area contributed by atoms with Crippen molar-refractivity contribution in [1.29, 1.82) is 0 Å². The van der Waals surface area contributed by atoms with Crippen LogP contribution in [0.15, 0.2) is 30.3 Å². The summed E-state index contributed by atoms with van der Waals surface area (Å²) in [4.78, 5) is 2.38. The maximum atomic E-state index is 10.8. The summed E-state index contributed by atoms with van der Waals surface area (Å²) in [5, 5.41) is 10.8. The number of ether oxygens (including phenoxy) is 1. The summed E-state index contributed by atoms with van der Waals surface area (Å²) in [6.07, 6.45) is -0.454. The molecule has 112 valence electrons. The van der Waals surface area contributed by atoms with Crippen LogP contribution < -0.4 is 0 Å². The number of aliphatic hydroxyl groups is 1. The Hall–Kier alpha value is -0.900. The van der Waals surface area contributed by atoms with E-state index in [-0.39, 0.29) is 11.6 Å². The van der Waals surface area contributed by atoms with Gasteiger partial charge in [-0.15, -0.1) is 0 Å². The van der Waals surface area contributed by atoms with E-state index < -0.39 is 6.10 Å². The molecule has 0 saturated carbocycles. The molecule has 1 aliphatic heterocycles. The molecule has 20 heavy (non-hydrogen) atoms. The zero-order valence-corrected chi connectivity index (χ0v) is 13.0. The molecule has 0 aromatic heterocycles. The van der Waals surface area contributed by atoms with Gasteiger partial charge in [0.05, 0.1) is 18.3 Å². The molecule has 1 heterocycles. The molecule has 1 N–H and O–H groups in total. The molecule has 0 spiro atoms. The van der Waals surface area contributed by atoms with E-state index in [0.717, 1.165) is 25.3 Å². The highest BCUT2D eigenvalue weighted by atomic mass is 16.5. The molecule has 2 rings (SSSR count). The van der Waals surface area contributed by atoms with Crippen LogP contribution in [0.1, 0.15) is 39.4 Å². The standard InChI is InChI=1S/C17H27NO2/c1-13(2)15(16(19)14-8-6-5-7-9-14)18-10-11-20-17(3,4)12-18/h5-9,13,15-16,19H,10-12H2,1-4H3. The van der Waals surface area contributed by atoms with Crippen molar-refractivity contribution in [3.8, 4) is 0 Å². The molecule has 1 saturated heterocycles. The lowest BCUT2D eigenvalue weighted by molar-refractivity contribution is -0.117. The molecule has 0 radical (unpaired) electrons. The second-order valence-corrected chi connectivity index (χ2v) is 6.67. The third-order valence-corrected chi connectivity index (χ3v) is 4.02. The third kappa shape index (κ3) is 3.60. The first-order chi connectivity index (χ1) is 9.41. The zero-order chi connectivity index (χ0) is 14.8. The van der Waals surface area contributed by atoms with E-state index >= 15 is 0 Å². The van der Waals surface area contributed by atoms with Crippen molar-refractivity contribution >= 4 is 0 Å². The molecule has 3 heteroatoms. The van der Waals surface area contributed by atoms with E-state index in [0.29, 0.717) is 5.92 Å². The first-order valence-corrected chi connectivity index (χ1v) is 7.52. The fraction of sp³-hybridized carbons (Fsp3) is 0.647. The van der Waals surface area contributed by atoms with Crippen LogP contribution in [0.2, 0.25) is 0 Å². The molecular weight excluding hydrogens is 250 g/mol. The minimum absolute atomic E-state index is 0.126. The number of morpholine rings is 1. The minimum Gasteiger partial charge on any atom is -0.387 e. The maximum absolute atomic E-state index is 10.8. The van der Waals surface area contributed by atoms with Crippen molar-refractivity contribution in [3.05, 3.63) is 35.9 Å². The molecule has 2 unspecified atom stereocenters. The van der Waals surface area contributed by atoms with E-state index in [2.05, 4.69) is 32.6 Å². The topological polar surface area (TPSA) is 32.7 Å². The Balaban J connectivity index is 2.19. The summed E-state index contributed by atoms with van der Waals surface area (Å²) in [7, 11) is 0. The summed E-state index contributed by atoms with van der Waals surface area (Å²) in [5.74, 6) is 0.388. The number of benzene rings is 1. The molecule has 0 amide bonds. The molecule has 0 aliphatic carbocycles. The Morgan fingerprint density at radius 3 is 2.40 bits per heavy atom. The Morgan fingerprint density at radius 1 is 1.20 bits per heavy atom. The van der Waals surface area contributed by atoms with Crippen LogP contribution >= 0.6 is 0 Å². The SMILES string of the molecule is CC(C)C(C(O)c1ccccc1)N1CCOC(C)(C)C1.